The fourth-order valence-corrected chi connectivity index (χ4v) is 0. The molecule has 0 saturated carbocycles. The van der Waals surface area contributed by atoms with Crippen molar-refractivity contribution in [1.82, 2.24) is 0 Å². The van der Waals surface area contributed by atoms with Crippen molar-refractivity contribution in [3.05, 3.63) is 0 Å². The molecule has 41 valence electrons. The summed E-state index contributed by atoms with van der Waals surface area (Å²) < 4.78 is 0. The van der Waals surface area contributed by atoms with E-state index in [9.17, 15) is 0 Å². The second-order valence-corrected chi connectivity index (χ2v) is 0. The zero-order chi connectivity index (χ0) is 0. The molecule has 0 aromatic heterocycles. The first-order valence-electron chi connectivity index (χ1n) is 0. The zero-order valence-corrected chi connectivity index (χ0v) is 12.1. The molecule has 0 aliphatic rings. The van der Waals surface area contributed by atoms with Crippen LogP contribution in [0.4, 0.5) is 0 Å². The van der Waals surface area contributed by atoms with E-state index in [0.717, 1.165) is 0 Å². The third kappa shape index (κ3) is 28.7. The Balaban J connectivity index is 0. The van der Waals surface area contributed by atoms with Crippen LogP contribution < -0.4 is 0 Å². The molecule has 0 aliphatic heterocycles. The molecule has 0 N–H and O–H groups in total. The normalized spacial score (nSPS) is 0. The number of rotatable bonds is 0. The molecule has 0 saturated heterocycles. The predicted molar refractivity (Wildman–Crippen MR) is 16.9 cm³/mol. The van der Waals surface area contributed by atoms with E-state index < -0.39 is 0 Å². The van der Waals surface area contributed by atoms with E-state index in [-0.39, 0.29) is 94.0 Å². The molecule has 0 heterocycles. The van der Waals surface area contributed by atoms with Crippen molar-refractivity contribution in [3.8, 4) is 0 Å². The number of hydrogen-bond donors (Lipinski definition) is 0. The van der Waals surface area contributed by atoms with E-state index in [2.05, 4.69) is 0 Å². The van der Waals surface area contributed by atoms with Gasteiger partial charge in [0.25, 0.3) is 0 Å². The summed E-state index contributed by atoms with van der Waals surface area (Å²) in [6.07, 6.45) is 0. The molecule has 6 heavy (non-hydrogen) atoms. The van der Waals surface area contributed by atoms with Crippen LogP contribution in [0.25, 0.3) is 0 Å². The van der Waals surface area contributed by atoms with Crippen LogP contribution in [0.15, 0.2) is 0 Å². The molecule has 0 spiro atoms. The predicted octanol–water partition coefficient (Wildman–Crippen LogP) is -0.333. The molecule has 5 radical (unpaired) electrons. The maximum absolute atomic E-state index is 0. The van der Waals surface area contributed by atoms with Gasteiger partial charge in [0.2, 0.25) is 0 Å². The average molecular weight is 530 g/mol. The van der Waals surface area contributed by atoms with E-state index in [1.165, 1.54) is 0 Å². The minimum absolute atomic E-state index is 0. The molecule has 1 atom stereocenters. The SMILES string of the molecule is P.[B].[Co].[Co].[W].[W]. The monoisotopic (exact) mass is 531 g/mol. The summed E-state index contributed by atoms with van der Waals surface area (Å²) in [6.45, 7) is 0. The van der Waals surface area contributed by atoms with Gasteiger partial charge in [-0.25, -0.2) is 0 Å². The van der Waals surface area contributed by atoms with Gasteiger partial charge in [-0.15, -0.1) is 0 Å². The van der Waals surface area contributed by atoms with Gasteiger partial charge in [0.05, 0.1) is 0 Å². The summed E-state index contributed by atoms with van der Waals surface area (Å²) in [5.41, 5.74) is 0. The summed E-state index contributed by atoms with van der Waals surface area (Å²) in [5, 5.41) is 0. The van der Waals surface area contributed by atoms with Crippen LogP contribution in [0.1, 0.15) is 0 Å². The summed E-state index contributed by atoms with van der Waals surface area (Å²) in [7, 11) is 0. The van der Waals surface area contributed by atoms with Gasteiger partial charge >= 0.3 is 0 Å². The van der Waals surface area contributed by atoms with Crippen molar-refractivity contribution in [2.75, 3.05) is 0 Å². The first-order valence-corrected chi connectivity index (χ1v) is 0. The van der Waals surface area contributed by atoms with Gasteiger partial charge in [0.15, 0.2) is 0 Å². The maximum Gasteiger partial charge on any atom is 0 e. The van der Waals surface area contributed by atoms with Crippen LogP contribution in [-0.4, -0.2) is 8.41 Å². The molecule has 0 aromatic carbocycles. The third-order valence-electron chi connectivity index (χ3n) is 0. The Bertz CT molecular complexity index is 11.5. The molecular weight excluding hydrogens is 527 g/mol. The molecule has 0 rings (SSSR count). The Hall–Kier alpha value is 2.88. The molecule has 0 fully saturated rings. The quantitative estimate of drug-likeness (QED) is 0.298. The second-order valence-electron chi connectivity index (χ2n) is 0. The van der Waals surface area contributed by atoms with Crippen molar-refractivity contribution < 1.29 is 75.7 Å². The van der Waals surface area contributed by atoms with Crippen LogP contribution in [-0.2, 0) is 75.7 Å². The Morgan fingerprint density at radius 3 is 0.667 bits per heavy atom. The van der Waals surface area contributed by atoms with Crippen molar-refractivity contribution in [2.24, 2.45) is 0 Å². The molecule has 6 heteroatoms. The Morgan fingerprint density at radius 2 is 0.667 bits per heavy atom. The summed E-state index contributed by atoms with van der Waals surface area (Å²) >= 11 is 0. The zero-order valence-electron chi connectivity index (χ0n) is 2.77. The molecule has 0 bridgehead atoms. The van der Waals surface area contributed by atoms with Gasteiger partial charge in [0.1, 0.15) is 0 Å². The largest absolute Gasteiger partial charge is 0.153 e. The summed E-state index contributed by atoms with van der Waals surface area (Å²) in [5.74, 6) is 0. The topological polar surface area (TPSA) is 0 Å². The van der Waals surface area contributed by atoms with E-state index in [1.807, 2.05) is 0 Å². The minimum atomic E-state index is 0. The van der Waals surface area contributed by atoms with Crippen LogP contribution in [0.3, 0.4) is 0 Å². The Morgan fingerprint density at radius 1 is 0.667 bits per heavy atom. The smallest absolute Gasteiger partial charge is 0 e. The number of hydrogen-bond acceptors (Lipinski definition) is 0. The van der Waals surface area contributed by atoms with Gasteiger partial charge in [-0.05, 0) is 0 Å². The second kappa shape index (κ2) is 44.9. The Labute approximate surface area is 92.9 Å². The van der Waals surface area contributed by atoms with Crippen LogP contribution in [0.2, 0.25) is 0 Å². The van der Waals surface area contributed by atoms with Crippen molar-refractivity contribution in [2.45, 2.75) is 0 Å². The first-order chi connectivity index (χ1) is 0. The van der Waals surface area contributed by atoms with Gasteiger partial charge in [-0.1, -0.05) is 0 Å². The average Bonchev–Trinajstić information content (AvgIpc) is 0. The summed E-state index contributed by atoms with van der Waals surface area (Å²) in [4.78, 5) is 0. The van der Waals surface area contributed by atoms with Crippen LogP contribution in [0, 0.1) is 0 Å². The van der Waals surface area contributed by atoms with Gasteiger partial charge in [-0.2, -0.15) is 9.90 Å². The van der Waals surface area contributed by atoms with Crippen LogP contribution >= 0.6 is 9.90 Å². The van der Waals surface area contributed by atoms with E-state index in [0.29, 0.717) is 0 Å². The van der Waals surface area contributed by atoms with E-state index >= 15 is 0 Å². The molecule has 0 aromatic rings. The minimum Gasteiger partial charge on any atom is -0.153 e. The van der Waals surface area contributed by atoms with Crippen molar-refractivity contribution in [1.29, 1.82) is 0 Å². The third-order valence-corrected chi connectivity index (χ3v) is 0. The standard InChI is InChI=1S/B.2Co.H3P.2W/h;;;1H3;;. The fraction of sp³-hybridized carbons (Fsp3) is 0. The van der Waals surface area contributed by atoms with Gasteiger partial charge < -0.3 is 0 Å². The molecule has 0 amide bonds. The van der Waals surface area contributed by atoms with Crippen molar-refractivity contribution >= 4 is 18.3 Å². The van der Waals surface area contributed by atoms with Crippen molar-refractivity contribution in [3.63, 3.8) is 0 Å². The molecular formula is H3BCo2PW2. The fourth-order valence-electron chi connectivity index (χ4n) is 0. The van der Waals surface area contributed by atoms with E-state index in [4.69, 9.17) is 0 Å². The van der Waals surface area contributed by atoms with Gasteiger partial charge in [-0.3, -0.25) is 0 Å². The first kappa shape index (κ1) is 66.4. The molecule has 0 aliphatic carbocycles. The Kier molecular flexibility index (Phi) is 497. The van der Waals surface area contributed by atoms with E-state index in [1.54, 1.807) is 0 Å². The molecule has 1 unspecified atom stereocenters. The van der Waals surface area contributed by atoms with Gasteiger partial charge in [0, 0.05) is 84.1 Å². The summed E-state index contributed by atoms with van der Waals surface area (Å²) in [6, 6.07) is 0. The maximum atomic E-state index is 0. The molecule has 0 nitrogen and oxygen atoms in total. The van der Waals surface area contributed by atoms with Crippen LogP contribution in [0.5, 0.6) is 0 Å².